The van der Waals surface area contributed by atoms with Crippen molar-refractivity contribution in [3.05, 3.63) is 83.7 Å². The zero-order valence-corrected chi connectivity index (χ0v) is 17.0. The highest BCUT2D eigenvalue weighted by Gasteiger charge is 2.28. The van der Waals surface area contributed by atoms with E-state index >= 15 is 0 Å². The second kappa shape index (κ2) is 8.66. The van der Waals surface area contributed by atoms with Crippen LogP contribution in [-0.2, 0) is 4.79 Å². The average Bonchev–Trinajstić information content (AvgIpc) is 2.78. The SMILES string of the molecule is CC(NC(=O)C1CCN(C(=O)c2ccc(F)cc2)CC1)c1cccc2ccccc12. The van der Waals surface area contributed by atoms with E-state index in [0.29, 0.717) is 31.5 Å². The number of benzene rings is 3. The molecule has 5 heteroatoms. The van der Waals surface area contributed by atoms with Crippen LogP contribution in [0.25, 0.3) is 10.8 Å². The van der Waals surface area contributed by atoms with Crippen LogP contribution in [0.4, 0.5) is 4.39 Å². The Labute approximate surface area is 175 Å². The van der Waals surface area contributed by atoms with Crippen LogP contribution in [0.3, 0.4) is 0 Å². The first-order chi connectivity index (χ1) is 14.5. The first-order valence-corrected chi connectivity index (χ1v) is 10.4. The predicted molar refractivity (Wildman–Crippen MR) is 116 cm³/mol. The molecule has 1 aliphatic heterocycles. The highest BCUT2D eigenvalue weighted by Crippen LogP contribution is 2.26. The van der Waals surface area contributed by atoms with Gasteiger partial charge < -0.3 is 10.2 Å². The zero-order chi connectivity index (χ0) is 21.1. The lowest BCUT2D eigenvalue weighted by Crippen LogP contribution is -2.43. The molecule has 1 heterocycles. The number of carbonyl (C=O) groups is 2. The molecule has 1 unspecified atom stereocenters. The Morgan fingerprint density at radius 3 is 2.37 bits per heavy atom. The minimum Gasteiger partial charge on any atom is -0.349 e. The first-order valence-electron chi connectivity index (χ1n) is 10.4. The molecule has 30 heavy (non-hydrogen) atoms. The van der Waals surface area contributed by atoms with E-state index < -0.39 is 0 Å². The van der Waals surface area contributed by atoms with Crippen LogP contribution < -0.4 is 5.32 Å². The summed E-state index contributed by atoms with van der Waals surface area (Å²) in [5.74, 6) is -0.552. The average molecular weight is 404 g/mol. The van der Waals surface area contributed by atoms with Crippen molar-refractivity contribution in [2.75, 3.05) is 13.1 Å². The number of rotatable bonds is 4. The maximum Gasteiger partial charge on any atom is 0.253 e. The fourth-order valence-corrected chi connectivity index (χ4v) is 4.16. The van der Waals surface area contributed by atoms with Crippen molar-refractivity contribution >= 4 is 22.6 Å². The van der Waals surface area contributed by atoms with Gasteiger partial charge in [0, 0.05) is 24.6 Å². The van der Waals surface area contributed by atoms with E-state index in [2.05, 4.69) is 29.6 Å². The molecule has 4 rings (SSSR count). The molecule has 3 aromatic rings. The van der Waals surface area contributed by atoms with Crippen molar-refractivity contribution in [3.8, 4) is 0 Å². The molecule has 0 radical (unpaired) electrons. The van der Waals surface area contributed by atoms with E-state index in [9.17, 15) is 14.0 Å². The molecule has 3 aromatic carbocycles. The van der Waals surface area contributed by atoms with Crippen LogP contribution in [0, 0.1) is 11.7 Å². The first kappa shape index (κ1) is 20.1. The zero-order valence-electron chi connectivity index (χ0n) is 17.0. The summed E-state index contributed by atoms with van der Waals surface area (Å²) in [5, 5.41) is 5.46. The Kier molecular flexibility index (Phi) is 5.79. The number of hydrogen-bond donors (Lipinski definition) is 1. The van der Waals surface area contributed by atoms with Gasteiger partial charge in [-0.05, 0) is 60.4 Å². The molecule has 2 amide bonds. The lowest BCUT2D eigenvalue weighted by Gasteiger charge is -2.32. The monoisotopic (exact) mass is 404 g/mol. The topological polar surface area (TPSA) is 49.4 Å². The number of nitrogens with one attached hydrogen (secondary N) is 1. The van der Waals surface area contributed by atoms with Crippen LogP contribution >= 0.6 is 0 Å². The summed E-state index contributed by atoms with van der Waals surface area (Å²) in [6, 6.07) is 19.8. The van der Waals surface area contributed by atoms with E-state index in [1.165, 1.54) is 24.3 Å². The quantitative estimate of drug-likeness (QED) is 0.685. The van der Waals surface area contributed by atoms with Crippen molar-refractivity contribution in [2.45, 2.75) is 25.8 Å². The molecule has 0 aromatic heterocycles. The van der Waals surface area contributed by atoms with Gasteiger partial charge in [-0.15, -0.1) is 0 Å². The number of hydrogen-bond acceptors (Lipinski definition) is 2. The molecular formula is C25H25FN2O2. The largest absolute Gasteiger partial charge is 0.349 e. The number of amides is 2. The molecule has 1 atom stereocenters. The maximum atomic E-state index is 13.1. The number of carbonyl (C=O) groups excluding carboxylic acids is 2. The smallest absolute Gasteiger partial charge is 0.253 e. The summed E-state index contributed by atoms with van der Waals surface area (Å²) in [5.41, 5.74) is 1.58. The van der Waals surface area contributed by atoms with Crippen LogP contribution in [-0.4, -0.2) is 29.8 Å². The van der Waals surface area contributed by atoms with Gasteiger partial charge in [0.15, 0.2) is 0 Å². The van der Waals surface area contributed by atoms with Crippen LogP contribution in [0.1, 0.15) is 41.7 Å². The van der Waals surface area contributed by atoms with Crippen molar-refractivity contribution < 1.29 is 14.0 Å². The third-order valence-corrected chi connectivity index (χ3v) is 5.89. The van der Waals surface area contributed by atoms with Gasteiger partial charge in [-0.2, -0.15) is 0 Å². The predicted octanol–water partition coefficient (Wildman–Crippen LogP) is 4.71. The molecule has 0 saturated carbocycles. The highest BCUT2D eigenvalue weighted by molar-refractivity contribution is 5.94. The molecule has 154 valence electrons. The molecule has 1 fully saturated rings. The molecule has 1 N–H and O–H groups in total. The number of likely N-dealkylation sites (tertiary alicyclic amines) is 1. The summed E-state index contributed by atoms with van der Waals surface area (Å²) in [4.78, 5) is 27.2. The highest BCUT2D eigenvalue weighted by atomic mass is 19.1. The van der Waals surface area contributed by atoms with E-state index in [-0.39, 0.29) is 29.6 Å². The maximum absolute atomic E-state index is 13.1. The van der Waals surface area contributed by atoms with Crippen molar-refractivity contribution in [2.24, 2.45) is 5.92 Å². The van der Waals surface area contributed by atoms with Crippen LogP contribution in [0.2, 0.25) is 0 Å². The molecule has 4 nitrogen and oxygen atoms in total. The van der Waals surface area contributed by atoms with Gasteiger partial charge in [0.2, 0.25) is 5.91 Å². The van der Waals surface area contributed by atoms with Gasteiger partial charge >= 0.3 is 0 Å². The summed E-state index contributed by atoms with van der Waals surface area (Å²) in [6.45, 7) is 3.06. The third kappa shape index (κ3) is 4.20. The van der Waals surface area contributed by atoms with Crippen LogP contribution in [0.5, 0.6) is 0 Å². The second-order valence-electron chi connectivity index (χ2n) is 7.87. The molecular weight excluding hydrogens is 379 g/mol. The van der Waals surface area contributed by atoms with E-state index in [4.69, 9.17) is 0 Å². The van der Waals surface area contributed by atoms with Gasteiger partial charge in [-0.25, -0.2) is 4.39 Å². The van der Waals surface area contributed by atoms with Crippen LogP contribution in [0.15, 0.2) is 66.7 Å². The van der Waals surface area contributed by atoms with Crippen molar-refractivity contribution in [3.63, 3.8) is 0 Å². The second-order valence-corrected chi connectivity index (χ2v) is 7.87. The fraction of sp³-hybridized carbons (Fsp3) is 0.280. The third-order valence-electron chi connectivity index (χ3n) is 5.89. The van der Waals surface area contributed by atoms with Gasteiger partial charge in [0.25, 0.3) is 5.91 Å². The summed E-state index contributed by atoms with van der Waals surface area (Å²) in [7, 11) is 0. The standard InChI is InChI=1S/C25H25FN2O2/c1-17(22-8-4-6-18-5-2-3-7-23(18)22)27-24(29)19-13-15-28(16-14-19)25(30)20-9-11-21(26)12-10-20/h2-12,17,19H,13-16H2,1H3,(H,27,29). The lowest BCUT2D eigenvalue weighted by molar-refractivity contribution is -0.126. The van der Waals surface area contributed by atoms with Gasteiger partial charge in [-0.3, -0.25) is 9.59 Å². The summed E-state index contributed by atoms with van der Waals surface area (Å²) < 4.78 is 13.1. The van der Waals surface area contributed by atoms with E-state index in [1.54, 1.807) is 4.90 Å². The van der Waals surface area contributed by atoms with Gasteiger partial charge in [0.1, 0.15) is 5.82 Å². The Balaban J connectivity index is 1.36. The minimum absolute atomic E-state index is 0.0318. The lowest BCUT2D eigenvalue weighted by atomic mass is 9.94. The van der Waals surface area contributed by atoms with Crippen molar-refractivity contribution in [1.29, 1.82) is 0 Å². The molecule has 1 aliphatic rings. The Bertz CT molecular complexity index is 1050. The summed E-state index contributed by atoms with van der Waals surface area (Å²) in [6.07, 6.45) is 1.25. The van der Waals surface area contributed by atoms with Gasteiger partial charge in [-0.1, -0.05) is 42.5 Å². The van der Waals surface area contributed by atoms with Gasteiger partial charge in [0.05, 0.1) is 6.04 Å². The number of fused-ring (bicyclic) bond motifs is 1. The Morgan fingerprint density at radius 1 is 0.967 bits per heavy atom. The number of halogens is 1. The Hall–Kier alpha value is -3.21. The van der Waals surface area contributed by atoms with Crippen molar-refractivity contribution in [1.82, 2.24) is 10.2 Å². The summed E-state index contributed by atoms with van der Waals surface area (Å²) >= 11 is 0. The molecule has 1 saturated heterocycles. The Morgan fingerprint density at radius 2 is 1.63 bits per heavy atom. The molecule has 0 aliphatic carbocycles. The fourth-order valence-electron chi connectivity index (χ4n) is 4.16. The number of nitrogens with zero attached hydrogens (tertiary/aromatic N) is 1. The van der Waals surface area contributed by atoms with E-state index in [0.717, 1.165) is 16.3 Å². The normalized spacial score (nSPS) is 15.7. The van der Waals surface area contributed by atoms with E-state index in [1.807, 2.05) is 25.1 Å². The molecule has 0 bridgehead atoms. The number of piperidine rings is 1. The molecule has 0 spiro atoms. The minimum atomic E-state index is -0.359.